The topological polar surface area (TPSA) is 70.1 Å². The number of hydrogen-bond acceptors (Lipinski definition) is 4. The van der Waals surface area contributed by atoms with E-state index in [0.29, 0.717) is 10.7 Å². The van der Waals surface area contributed by atoms with Crippen LogP contribution in [0.2, 0.25) is 5.15 Å². The summed E-state index contributed by atoms with van der Waals surface area (Å²) in [4.78, 5) is 11.1. The van der Waals surface area contributed by atoms with Crippen molar-refractivity contribution < 1.29 is 9.53 Å². The summed E-state index contributed by atoms with van der Waals surface area (Å²) < 4.78 is 6.07. The van der Waals surface area contributed by atoms with Gasteiger partial charge in [-0.1, -0.05) is 11.6 Å². The molecule has 5 nitrogen and oxygen atoms in total. The number of halogens is 1. The molecule has 0 saturated heterocycles. The van der Waals surface area contributed by atoms with Crippen LogP contribution >= 0.6 is 11.6 Å². The van der Waals surface area contributed by atoms with E-state index in [9.17, 15) is 4.79 Å². The number of rotatable bonds is 3. The molecule has 1 aromatic rings. The van der Waals surface area contributed by atoms with Gasteiger partial charge in [0.05, 0.1) is 19.2 Å². The van der Waals surface area contributed by atoms with Crippen molar-refractivity contribution in [3.8, 4) is 0 Å². The number of esters is 1. The minimum atomic E-state index is -0.473. The number of hydrogen-bond donors (Lipinski definition) is 1. The van der Waals surface area contributed by atoms with Gasteiger partial charge in [0, 0.05) is 18.7 Å². The van der Waals surface area contributed by atoms with E-state index in [1.165, 1.54) is 11.8 Å². The molecule has 0 bridgehead atoms. The fraction of sp³-hybridized carbons (Fsp3) is 0.556. The largest absolute Gasteiger partial charge is 0.469 e. The zero-order valence-corrected chi connectivity index (χ0v) is 9.71. The van der Waals surface area contributed by atoms with Gasteiger partial charge in [0.15, 0.2) is 0 Å². The van der Waals surface area contributed by atoms with Crippen molar-refractivity contribution in [1.82, 2.24) is 9.78 Å². The molecule has 6 heteroatoms. The minimum absolute atomic E-state index is 0.1000. The van der Waals surface area contributed by atoms with Crippen LogP contribution < -0.4 is 5.73 Å². The van der Waals surface area contributed by atoms with E-state index in [1.807, 2.05) is 0 Å². The summed E-state index contributed by atoms with van der Waals surface area (Å²) >= 11 is 6.00. The first-order valence-corrected chi connectivity index (χ1v) is 4.86. The molecule has 1 heterocycles. The first-order chi connectivity index (χ1) is 6.97. The van der Waals surface area contributed by atoms with E-state index < -0.39 is 6.04 Å². The molecule has 0 spiro atoms. The van der Waals surface area contributed by atoms with Crippen LogP contribution in [0.1, 0.15) is 23.7 Å². The van der Waals surface area contributed by atoms with Crippen LogP contribution in [0, 0.1) is 6.92 Å². The highest BCUT2D eigenvalue weighted by Crippen LogP contribution is 2.26. The summed E-state index contributed by atoms with van der Waals surface area (Å²) in [5.74, 6) is -0.359. The average molecular weight is 232 g/mol. The molecule has 2 N–H and O–H groups in total. The molecule has 84 valence electrons. The monoisotopic (exact) mass is 231 g/mol. The molecule has 15 heavy (non-hydrogen) atoms. The number of nitrogens with two attached hydrogens (primary N) is 1. The van der Waals surface area contributed by atoms with E-state index >= 15 is 0 Å². The van der Waals surface area contributed by atoms with Crippen LogP contribution in [0.5, 0.6) is 0 Å². The molecule has 1 rings (SSSR count). The Morgan fingerprint density at radius 3 is 2.73 bits per heavy atom. The number of carbonyl (C=O) groups excluding carboxylic acids is 1. The summed E-state index contributed by atoms with van der Waals surface area (Å²) in [6.07, 6.45) is 0.1000. The summed E-state index contributed by atoms with van der Waals surface area (Å²) in [7, 11) is 3.05. The van der Waals surface area contributed by atoms with Crippen molar-refractivity contribution in [2.24, 2.45) is 12.8 Å². The highest BCUT2D eigenvalue weighted by molar-refractivity contribution is 6.30. The van der Waals surface area contributed by atoms with Crippen molar-refractivity contribution in [2.75, 3.05) is 7.11 Å². The third kappa shape index (κ3) is 2.49. The summed E-state index contributed by atoms with van der Waals surface area (Å²) in [5, 5.41) is 4.58. The molecule has 0 aliphatic rings. The highest BCUT2D eigenvalue weighted by Gasteiger charge is 2.20. The number of ether oxygens (including phenoxy) is 1. The van der Waals surface area contributed by atoms with Gasteiger partial charge in [0.1, 0.15) is 5.15 Å². The number of aryl methyl sites for hydroxylation is 2. The van der Waals surface area contributed by atoms with Crippen molar-refractivity contribution in [2.45, 2.75) is 19.4 Å². The molecule has 0 radical (unpaired) electrons. The third-order valence-electron chi connectivity index (χ3n) is 2.18. The van der Waals surface area contributed by atoms with Crippen LogP contribution in [0.25, 0.3) is 0 Å². The lowest BCUT2D eigenvalue weighted by Crippen LogP contribution is -2.17. The van der Waals surface area contributed by atoms with Gasteiger partial charge >= 0.3 is 5.97 Å². The standard InChI is InChI=1S/C9H14ClN3O2/c1-5-8(9(10)13(2)12-5)6(11)4-7(14)15-3/h6H,4,11H2,1-3H3. The fourth-order valence-electron chi connectivity index (χ4n) is 1.43. The van der Waals surface area contributed by atoms with E-state index in [0.717, 1.165) is 5.69 Å². The maximum Gasteiger partial charge on any atom is 0.307 e. The molecule has 0 aliphatic carbocycles. The van der Waals surface area contributed by atoms with Gasteiger partial charge in [0.25, 0.3) is 0 Å². The molecular formula is C9H14ClN3O2. The Labute approximate surface area is 93.1 Å². The summed E-state index contributed by atoms with van der Waals surface area (Å²) in [6, 6.07) is -0.473. The lowest BCUT2D eigenvalue weighted by atomic mass is 10.1. The van der Waals surface area contributed by atoms with Gasteiger partial charge in [-0.2, -0.15) is 5.10 Å². The molecule has 0 amide bonds. The summed E-state index contributed by atoms with van der Waals surface area (Å²) in [6.45, 7) is 1.80. The Kier molecular flexibility index (Phi) is 3.71. The SMILES string of the molecule is COC(=O)CC(N)c1c(C)nn(C)c1Cl. The molecule has 0 aromatic carbocycles. The van der Waals surface area contributed by atoms with Gasteiger partial charge in [-0.15, -0.1) is 0 Å². The Hall–Kier alpha value is -1.07. The van der Waals surface area contributed by atoms with E-state index in [1.54, 1.807) is 14.0 Å². The molecule has 0 saturated carbocycles. The lowest BCUT2D eigenvalue weighted by Gasteiger charge is -2.09. The molecule has 1 atom stereocenters. The predicted molar refractivity (Wildman–Crippen MR) is 56.5 cm³/mol. The zero-order valence-electron chi connectivity index (χ0n) is 8.95. The Morgan fingerprint density at radius 1 is 1.73 bits per heavy atom. The molecule has 0 aliphatic heterocycles. The van der Waals surface area contributed by atoms with Crippen molar-refractivity contribution in [3.63, 3.8) is 0 Å². The smallest absolute Gasteiger partial charge is 0.307 e. The first kappa shape index (κ1) is 12.0. The van der Waals surface area contributed by atoms with Crippen molar-refractivity contribution in [1.29, 1.82) is 0 Å². The van der Waals surface area contributed by atoms with E-state index in [-0.39, 0.29) is 12.4 Å². The molecular weight excluding hydrogens is 218 g/mol. The number of aromatic nitrogens is 2. The van der Waals surface area contributed by atoms with Gasteiger partial charge < -0.3 is 10.5 Å². The fourth-order valence-corrected chi connectivity index (χ4v) is 1.75. The predicted octanol–water partition coefficient (Wildman–Crippen LogP) is 0.945. The maximum atomic E-state index is 11.1. The van der Waals surface area contributed by atoms with Crippen LogP contribution in [-0.2, 0) is 16.6 Å². The number of carbonyl (C=O) groups is 1. The minimum Gasteiger partial charge on any atom is -0.469 e. The molecule has 0 fully saturated rings. The first-order valence-electron chi connectivity index (χ1n) is 4.48. The number of nitrogens with zero attached hydrogens (tertiary/aromatic N) is 2. The second-order valence-corrected chi connectivity index (χ2v) is 3.66. The van der Waals surface area contributed by atoms with Crippen molar-refractivity contribution in [3.05, 3.63) is 16.4 Å². The van der Waals surface area contributed by atoms with E-state index in [4.69, 9.17) is 17.3 Å². The summed E-state index contributed by atoms with van der Waals surface area (Å²) in [5.41, 5.74) is 7.28. The van der Waals surface area contributed by atoms with E-state index in [2.05, 4.69) is 9.84 Å². The van der Waals surface area contributed by atoms with Crippen molar-refractivity contribution >= 4 is 17.6 Å². The Morgan fingerprint density at radius 2 is 2.33 bits per heavy atom. The highest BCUT2D eigenvalue weighted by atomic mass is 35.5. The van der Waals surface area contributed by atoms with Crippen LogP contribution in [-0.4, -0.2) is 22.9 Å². The second kappa shape index (κ2) is 4.63. The van der Waals surface area contributed by atoms with Crippen LogP contribution in [0.4, 0.5) is 0 Å². The van der Waals surface area contributed by atoms with Gasteiger partial charge in [-0.3, -0.25) is 9.48 Å². The van der Waals surface area contributed by atoms with Crippen LogP contribution in [0.3, 0.4) is 0 Å². The Balaban J connectivity index is 2.90. The lowest BCUT2D eigenvalue weighted by molar-refractivity contribution is -0.141. The van der Waals surface area contributed by atoms with Gasteiger partial charge in [-0.05, 0) is 6.92 Å². The van der Waals surface area contributed by atoms with Gasteiger partial charge in [-0.25, -0.2) is 0 Å². The Bertz CT molecular complexity index is 376. The maximum absolute atomic E-state index is 11.1. The second-order valence-electron chi connectivity index (χ2n) is 3.30. The average Bonchev–Trinajstić information content (AvgIpc) is 2.41. The third-order valence-corrected chi connectivity index (χ3v) is 2.63. The normalized spacial score (nSPS) is 12.6. The zero-order chi connectivity index (χ0) is 11.6. The number of methoxy groups -OCH3 is 1. The van der Waals surface area contributed by atoms with Crippen LogP contribution in [0.15, 0.2) is 0 Å². The quantitative estimate of drug-likeness (QED) is 0.787. The van der Waals surface area contributed by atoms with Gasteiger partial charge in [0.2, 0.25) is 0 Å². The molecule has 1 unspecified atom stereocenters. The molecule has 1 aromatic heterocycles.